The molecule has 0 spiro atoms. The summed E-state index contributed by atoms with van der Waals surface area (Å²) < 4.78 is 15.7. The molecule has 0 saturated carbocycles. The number of hydrogen-bond acceptors (Lipinski definition) is 6. The molecule has 0 heterocycles. The second-order valence-corrected chi connectivity index (χ2v) is 6.29. The van der Waals surface area contributed by atoms with Crippen molar-refractivity contribution in [3.63, 3.8) is 0 Å². The molecule has 0 fully saturated rings. The summed E-state index contributed by atoms with van der Waals surface area (Å²) in [5.41, 5.74) is 1.03. The van der Waals surface area contributed by atoms with Gasteiger partial charge in [-0.25, -0.2) is 14.4 Å². The fourth-order valence-corrected chi connectivity index (χ4v) is 2.22. The third kappa shape index (κ3) is 5.95. The average molecular weight is 370 g/mol. The average Bonchev–Trinajstić information content (AvgIpc) is 2.63. The van der Waals surface area contributed by atoms with Crippen LogP contribution in [0, 0.1) is 0 Å². The van der Waals surface area contributed by atoms with Crippen molar-refractivity contribution in [3.05, 3.63) is 72.1 Å². The molecule has 2 atom stereocenters. The molecule has 2 rings (SSSR count). The van der Waals surface area contributed by atoms with E-state index in [1.165, 1.54) is 0 Å². The van der Waals surface area contributed by atoms with Crippen molar-refractivity contribution in [1.29, 1.82) is 0 Å². The normalized spacial score (nSPS) is 20.8. The summed E-state index contributed by atoms with van der Waals surface area (Å²) in [4.78, 5) is 35.2. The van der Waals surface area contributed by atoms with Crippen LogP contribution in [0.4, 0.5) is 0 Å². The maximum Gasteiger partial charge on any atom is 0.338 e. The van der Waals surface area contributed by atoms with Gasteiger partial charge in [0.25, 0.3) is 0 Å². The fourth-order valence-electron chi connectivity index (χ4n) is 2.22. The van der Waals surface area contributed by atoms with Crippen LogP contribution in [0.5, 0.6) is 0 Å². The highest BCUT2D eigenvalue weighted by atomic mass is 16.6. The summed E-state index contributed by atoms with van der Waals surface area (Å²) >= 11 is 0. The van der Waals surface area contributed by atoms with Crippen LogP contribution in [-0.2, 0) is 28.6 Å². The van der Waals surface area contributed by atoms with Gasteiger partial charge in [0.05, 0.1) is 5.57 Å². The molecule has 0 aromatic rings. The first-order valence-corrected chi connectivity index (χ1v) is 8.48. The van der Waals surface area contributed by atoms with E-state index in [4.69, 9.17) is 14.2 Å². The zero-order valence-electron chi connectivity index (χ0n) is 15.4. The molecule has 0 N–H and O–H groups in total. The van der Waals surface area contributed by atoms with Crippen molar-refractivity contribution in [3.8, 4) is 0 Å². The maximum atomic E-state index is 12.2. The molecule has 0 amide bonds. The lowest BCUT2D eigenvalue weighted by molar-refractivity contribution is -0.142. The van der Waals surface area contributed by atoms with Gasteiger partial charge >= 0.3 is 17.9 Å². The molecule has 0 aromatic carbocycles. The molecular formula is C21H22O6. The van der Waals surface area contributed by atoms with E-state index in [0.717, 1.165) is 0 Å². The van der Waals surface area contributed by atoms with Gasteiger partial charge in [-0.15, -0.1) is 0 Å². The van der Waals surface area contributed by atoms with Gasteiger partial charge in [-0.1, -0.05) is 19.2 Å². The van der Waals surface area contributed by atoms with Crippen LogP contribution in [0.1, 0.15) is 26.7 Å². The van der Waals surface area contributed by atoms with Crippen LogP contribution in [0.2, 0.25) is 0 Å². The first-order valence-electron chi connectivity index (χ1n) is 8.48. The maximum absolute atomic E-state index is 12.2. The van der Waals surface area contributed by atoms with Crippen molar-refractivity contribution in [2.24, 2.45) is 0 Å². The third-order valence-electron chi connectivity index (χ3n) is 3.75. The molecule has 6 nitrogen and oxygen atoms in total. The minimum atomic E-state index is -0.499. The predicted octanol–water partition coefficient (Wildman–Crippen LogP) is 3.24. The Labute approximate surface area is 158 Å². The van der Waals surface area contributed by atoms with Gasteiger partial charge in [0.15, 0.2) is 0 Å². The lowest BCUT2D eigenvalue weighted by Gasteiger charge is -2.19. The molecule has 142 valence electrons. The largest absolute Gasteiger partial charge is 0.454 e. The molecule has 0 bridgehead atoms. The highest BCUT2D eigenvalue weighted by Gasteiger charge is 2.21. The number of allylic oxidation sites excluding steroid dienone is 1. The van der Waals surface area contributed by atoms with E-state index < -0.39 is 30.1 Å². The fraction of sp³-hybridized carbons (Fsp3) is 0.286. The topological polar surface area (TPSA) is 78.9 Å². The molecule has 0 saturated heterocycles. The first kappa shape index (κ1) is 20.2. The lowest BCUT2D eigenvalue weighted by atomic mass is 10.0. The van der Waals surface area contributed by atoms with E-state index in [2.05, 4.69) is 13.2 Å². The summed E-state index contributed by atoms with van der Waals surface area (Å²) in [6.07, 6.45) is 9.72. The standard InChI is InChI=1S/C21H22O6/c1-13(2)19(22)25-16-7-5-15(6-8-16)21(24)27-18-11-9-17(10-12-18)26-20(23)14(3)4/h5-7,9-11,16,18H,1,3,8,12H2,2,4H3. The van der Waals surface area contributed by atoms with E-state index in [1.54, 1.807) is 50.3 Å². The number of ether oxygens (including phenoxy) is 3. The summed E-state index contributed by atoms with van der Waals surface area (Å²) in [6.45, 7) is 10.2. The second kappa shape index (κ2) is 8.98. The number of rotatable bonds is 6. The van der Waals surface area contributed by atoms with Gasteiger partial charge in [-0.05, 0) is 44.2 Å². The van der Waals surface area contributed by atoms with Gasteiger partial charge in [-0.2, -0.15) is 0 Å². The number of carbonyl (C=O) groups excluding carboxylic acids is 3. The Morgan fingerprint density at radius 2 is 1.48 bits per heavy atom. The van der Waals surface area contributed by atoms with Crippen molar-refractivity contribution < 1.29 is 28.6 Å². The van der Waals surface area contributed by atoms with Crippen molar-refractivity contribution in [2.45, 2.75) is 38.9 Å². The molecule has 2 aliphatic rings. The van der Waals surface area contributed by atoms with E-state index in [0.29, 0.717) is 35.3 Å². The number of esters is 3. The minimum Gasteiger partial charge on any atom is -0.454 e. The third-order valence-corrected chi connectivity index (χ3v) is 3.75. The Bertz CT molecular complexity index is 793. The molecule has 2 aliphatic carbocycles. The SMILES string of the molecule is C=C(C)C(=O)OC1=CCC(OC(=O)C2=CCC(OC(=O)C(=C)C)C=C2)C=C1. The van der Waals surface area contributed by atoms with E-state index in [9.17, 15) is 14.4 Å². The molecule has 0 aromatic heterocycles. The molecule has 2 unspecified atom stereocenters. The van der Waals surface area contributed by atoms with Crippen LogP contribution in [0.3, 0.4) is 0 Å². The Balaban J connectivity index is 1.82. The van der Waals surface area contributed by atoms with Gasteiger partial charge in [0, 0.05) is 24.0 Å². The number of hydrogen-bond donors (Lipinski definition) is 0. The van der Waals surface area contributed by atoms with Crippen LogP contribution in [0.15, 0.2) is 72.1 Å². The van der Waals surface area contributed by atoms with Gasteiger partial charge in [-0.3, -0.25) is 0 Å². The second-order valence-electron chi connectivity index (χ2n) is 6.29. The molecule has 0 radical (unpaired) electrons. The smallest absolute Gasteiger partial charge is 0.338 e. The van der Waals surface area contributed by atoms with Crippen LogP contribution >= 0.6 is 0 Å². The zero-order valence-corrected chi connectivity index (χ0v) is 15.4. The lowest BCUT2D eigenvalue weighted by Crippen LogP contribution is -2.22. The van der Waals surface area contributed by atoms with E-state index in [1.807, 2.05) is 0 Å². The summed E-state index contributed by atoms with van der Waals surface area (Å²) in [7, 11) is 0. The van der Waals surface area contributed by atoms with Gasteiger partial charge < -0.3 is 14.2 Å². The van der Waals surface area contributed by atoms with E-state index >= 15 is 0 Å². The Morgan fingerprint density at radius 3 is 2.00 bits per heavy atom. The Morgan fingerprint density at radius 1 is 0.889 bits per heavy atom. The molecular weight excluding hydrogens is 348 g/mol. The number of carbonyl (C=O) groups is 3. The zero-order chi connectivity index (χ0) is 20.0. The summed E-state index contributed by atoms with van der Waals surface area (Å²) in [5.74, 6) is -1.04. The molecule has 27 heavy (non-hydrogen) atoms. The first-order chi connectivity index (χ1) is 12.8. The Hall–Kier alpha value is -3.15. The summed E-state index contributed by atoms with van der Waals surface area (Å²) in [6, 6.07) is 0. The predicted molar refractivity (Wildman–Crippen MR) is 99.2 cm³/mol. The van der Waals surface area contributed by atoms with Crippen LogP contribution in [0.25, 0.3) is 0 Å². The van der Waals surface area contributed by atoms with Gasteiger partial charge in [0.1, 0.15) is 18.0 Å². The van der Waals surface area contributed by atoms with Gasteiger partial charge in [0.2, 0.25) is 0 Å². The molecule has 6 heteroatoms. The highest BCUT2D eigenvalue weighted by Crippen LogP contribution is 2.20. The van der Waals surface area contributed by atoms with Crippen molar-refractivity contribution in [1.82, 2.24) is 0 Å². The van der Waals surface area contributed by atoms with E-state index in [-0.39, 0.29) is 0 Å². The Kier molecular flexibility index (Phi) is 6.71. The molecule has 0 aliphatic heterocycles. The van der Waals surface area contributed by atoms with Crippen molar-refractivity contribution in [2.75, 3.05) is 0 Å². The van der Waals surface area contributed by atoms with Crippen LogP contribution < -0.4 is 0 Å². The highest BCUT2D eigenvalue weighted by molar-refractivity contribution is 5.92. The van der Waals surface area contributed by atoms with Crippen LogP contribution in [-0.4, -0.2) is 30.1 Å². The summed E-state index contributed by atoms with van der Waals surface area (Å²) in [5, 5.41) is 0. The minimum absolute atomic E-state index is 0.307. The van der Waals surface area contributed by atoms with Crippen molar-refractivity contribution >= 4 is 17.9 Å². The monoisotopic (exact) mass is 370 g/mol. The quantitative estimate of drug-likeness (QED) is 0.406.